The molecule has 3 N–H and O–H groups in total. The fourth-order valence-corrected chi connectivity index (χ4v) is 7.21. The van der Waals surface area contributed by atoms with E-state index in [-0.39, 0.29) is 30.5 Å². The average Bonchev–Trinajstić information content (AvgIpc) is 3.31. The molecule has 10 heteroatoms. The fraction of sp³-hybridized carbons (Fsp3) is 0.531. The summed E-state index contributed by atoms with van der Waals surface area (Å²) in [5.74, 6) is 2.42. The quantitative estimate of drug-likeness (QED) is 0.303. The van der Waals surface area contributed by atoms with Crippen LogP contribution in [0.3, 0.4) is 0 Å². The average molecular weight is 578 g/mol. The Labute approximate surface area is 245 Å². The maximum atomic E-state index is 14.4. The number of aryl methyl sites for hydroxylation is 2. The molecule has 42 heavy (non-hydrogen) atoms. The molecule has 4 aliphatic rings. The lowest BCUT2D eigenvalue weighted by atomic mass is 9.45. The van der Waals surface area contributed by atoms with E-state index in [0.717, 1.165) is 12.1 Å². The molecule has 0 amide bonds. The van der Waals surface area contributed by atoms with E-state index < -0.39 is 12.2 Å². The lowest BCUT2D eigenvalue weighted by Gasteiger charge is -2.61. The van der Waals surface area contributed by atoms with Crippen molar-refractivity contribution in [1.82, 2.24) is 14.5 Å². The first-order valence-electron chi connectivity index (χ1n) is 14.8. The van der Waals surface area contributed by atoms with Crippen molar-refractivity contribution in [2.45, 2.75) is 64.8 Å². The van der Waals surface area contributed by atoms with Gasteiger partial charge in [-0.05, 0) is 72.3 Å². The van der Waals surface area contributed by atoms with Crippen LogP contribution in [-0.2, 0) is 13.0 Å². The van der Waals surface area contributed by atoms with Crippen molar-refractivity contribution in [3.63, 3.8) is 0 Å². The molecule has 3 aliphatic carbocycles. The molecule has 0 radical (unpaired) electrons. The summed E-state index contributed by atoms with van der Waals surface area (Å²) in [6, 6.07) is 10.2. The largest absolute Gasteiger partial charge is 0.497 e. The number of aliphatic imine (C=N–C) groups is 1. The molecule has 6 atom stereocenters. The standard InChI is InChI=1S/C32H40FN5O4/c1-18-24-11-20(32(24,2)3)12-26(18)36-31(38-15-28(39)29(40)16-38)35-21-6-8-23-27(13-21)34-17-37(30(23)41)10-9-19-5-7-22(42-4)14-25(19)33/h5-8,13-14,17-18,20,24,26,28-29,39-40H,9-12,15-16H2,1-4H3,(H,35,36)/t18-,20-,24+,26-,28+,29+/m0/s1. The van der Waals surface area contributed by atoms with Crippen molar-refractivity contribution < 1.29 is 19.3 Å². The Hall–Kier alpha value is -3.50. The smallest absolute Gasteiger partial charge is 0.261 e. The number of anilines is 1. The second-order valence-electron chi connectivity index (χ2n) is 12.8. The number of methoxy groups -OCH3 is 1. The number of nitrogens with zero attached hydrogens (tertiary/aromatic N) is 4. The van der Waals surface area contributed by atoms with Crippen LogP contribution in [0, 0.1) is 29.0 Å². The first kappa shape index (κ1) is 28.6. The Kier molecular flexibility index (Phi) is 7.47. The number of aromatic nitrogens is 2. The first-order valence-corrected chi connectivity index (χ1v) is 14.8. The van der Waals surface area contributed by atoms with Crippen molar-refractivity contribution in [3.8, 4) is 5.75 Å². The molecule has 224 valence electrons. The molecule has 1 saturated heterocycles. The molecular weight excluding hydrogens is 537 g/mol. The number of aliphatic hydroxyl groups excluding tert-OH is 2. The number of hydrogen-bond donors (Lipinski definition) is 3. The second kappa shape index (κ2) is 11.0. The molecule has 2 heterocycles. The number of rotatable bonds is 6. The van der Waals surface area contributed by atoms with Gasteiger partial charge in [-0.2, -0.15) is 0 Å². The third-order valence-electron chi connectivity index (χ3n) is 10.1. The number of likely N-dealkylation sites (tertiary alicyclic amines) is 1. The zero-order chi connectivity index (χ0) is 29.8. The van der Waals surface area contributed by atoms with E-state index in [0.29, 0.717) is 64.3 Å². The summed E-state index contributed by atoms with van der Waals surface area (Å²) >= 11 is 0. The van der Waals surface area contributed by atoms with Crippen LogP contribution in [0.5, 0.6) is 5.75 Å². The Bertz CT molecular complexity index is 1560. The van der Waals surface area contributed by atoms with Gasteiger partial charge >= 0.3 is 0 Å². The van der Waals surface area contributed by atoms with Crippen LogP contribution in [0.25, 0.3) is 10.9 Å². The minimum atomic E-state index is -0.837. The molecule has 1 aliphatic heterocycles. The molecule has 3 aromatic rings. The summed E-state index contributed by atoms with van der Waals surface area (Å²) in [4.78, 5) is 24.8. The van der Waals surface area contributed by atoms with E-state index in [9.17, 15) is 19.4 Å². The summed E-state index contributed by atoms with van der Waals surface area (Å²) in [6.45, 7) is 7.88. The molecule has 0 spiro atoms. The Morgan fingerprint density at radius 1 is 1.17 bits per heavy atom. The minimum absolute atomic E-state index is 0.153. The van der Waals surface area contributed by atoms with E-state index in [1.807, 2.05) is 17.0 Å². The van der Waals surface area contributed by atoms with Gasteiger partial charge in [0.1, 0.15) is 11.6 Å². The number of β-amino-alcohol motifs (C(OH)–C–C–N with tert-alkyl or cyclic N) is 2. The molecule has 1 aromatic heterocycles. The molecule has 4 fully saturated rings. The Balaban J connectivity index is 1.22. The van der Waals surface area contributed by atoms with E-state index >= 15 is 0 Å². The number of fused-ring (bicyclic) bond motifs is 3. The third-order valence-corrected chi connectivity index (χ3v) is 10.1. The van der Waals surface area contributed by atoms with Crippen LogP contribution in [0.15, 0.2) is 52.5 Å². The van der Waals surface area contributed by atoms with Gasteiger partial charge in [0.05, 0.1) is 42.6 Å². The van der Waals surface area contributed by atoms with E-state index in [1.165, 1.54) is 30.5 Å². The van der Waals surface area contributed by atoms with Crippen LogP contribution < -0.4 is 15.6 Å². The van der Waals surface area contributed by atoms with Crippen molar-refractivity contribution >= 4 is 22.5 Å². The van der Waals surface area contributed by atoms with Gasteiger partial charge in [-0.25, -0.2) is 14.4 Å². The zero-order valence-corrected chi connectivity index (χ0v) is 24.6. The predicted molar refractivity (Wildman–Crippen MR) is 160 cm³/mol. The van der Waals surface area contributed by atoms with Crippen molar-refractivity contribution in [1.29, 1.82) is 0 Å². The van der Waals surface area contributed by atoms with Gasteiger partial charge < -0.3 is 25.2 Å². The number of guanidine groups is 1. The molecule has 0 unspecified atom stereocenters. The van der Waals surface area contributed by atoms with Gasteiger partial charge in [0.2, 0.25) is 0 Å². The van der Waals surface area contributed by atoms with Crippen molar-refractivity contribution in [2.75, 3.05) is 25.5 Å². The highest BCUT2D eigenvalue weighted by molar-refractivity contribution is 5.96. The lowest BCUT2D eigenvalue weighted by molar-refractivity contribution is -0.108. The zero-order valence-electron chi connectivity index (χ0n) is 24.6. The highest BCUT2D eigenvalue weighted by Gasteiger charge is 2.56. The highest BCUT2D eigenvalue weighted by atomic mass is 19.1. The molecule has 2 bridgehead atoms. The molecule has 7 rings (SSSR count). The second-order valence-corrected chi connectivity index (χ2v) is 12.8. The molecular formula is C32H40FN5O4. The van der Waals surface area contributed by atoms with Crippen LogP contribution in [0.2, 0.25) is 0 Å². The number of halogens is 1. The van der Waals surface area contributed by atoms with Crippen LogP contribution in [0.1, 0.15) is 39.2 Å². The number of aliphatic hydroxyl groups is 2. The molecule has 3 saturated carbocycles. The maximum Gasteiger partial charge on any atom is 0.261 e. The lowest BCUT2D eigenvalue weighted by Crippen LogP contribution is -2.56. The van der Waals surface area contributed by atoms with E-state index in [4.69, 9.17) is 9.73 Å². The van der Waals surface area contributed by atoms with Crippen LogP contribution >= 0.6 is 0 Å². The minimum Gasteiger partial charge on any atom is -0.497 e. The predicted octanol–water partition coefficient (Wildman–Crippen LogP) is 3.66. The first-order chi connectivity index (χ1) is 20.0. The maximum absolute atomic E-state index is 14.4. The normalized spacial score (nSPS) is 28.5. The Morgan fingerprint density at radius 2 is 1.93 bits per heavy atom. The number of nitrogens with one attached hydrogen (secondary N) is 1. The van der Waals surface area contributed by atoms with Gasteiger partial charge in [-0.1, -0.05) is 26.8 Å². The number of hydrogen-bond acceptors (Lipinski definition) is 6. The molecule has 9 nitrogen and oxygen atoms in total. The fourth-order valence-electron chi connectivity index (χ4n) is 7.21. The van der Waals surface area contributed by atoms with Crippen LogP contribution in [0.4, 0.5) is 10.1 Å². The highest BCUT2D eigenvalue weighted by Crippen LogP contribution is 2.61. The molecule has 2 aromatic carbocycles. The number of benzene rings is 2. The Morgan fingerprint density at radius 3 is 2.60 bits per heavy atom. The van der Waals surface area contributed by atoms with Crippen LogP contribution in [-0.4, -0.2) is 69.1 Å². The summed E-state index contributed by atoms with van der Waals surface area (Å²) < 4.78 is 21.0. The van der Waals surface area contributed by atoms with Gasteiger partial charge in [-0.3, -0.25) is 9.36 Å². The van der Waals surface area contributed by atoms with Gasteiger partial charge in [-0.15, -0.1) is 0 Å². The van der Waals surface area contributed by atoms with Crippen molar-refractivity contribution in [2.24, 2.45) is 28.2 Å². The topological polar surface area (TPSA) is 112 Å². The summed E-state index contributed by atoms with van der Waals surface area (Å²) in [7, 11) is 1.49. The van der Waals surface area contributed by atoms with E-state index in [2.05, 4.69) is 31.1 Å². The SMILES string of the molecule is COc1ccc(CCn2cnc3cc(NC(=N[C@H]4C[C@@H]5C[C@H]([C@@H]4C)C5(C)C)N4C[C@@H](O)[C@H](O)C4)ccc3c2=O)c(F)c1. The monoisotopic (exact) mass is 577 g/mol. The van der Waals surface area contributed by atoms with Gasteiger partial charge in [0, 0.05) is 31.4 Å². The summed E-state index contributed by atoms with van der Waals surface area (Å²) in [5, 5.41) is 24.4. The van der Waals surface area contributed by atoms with E-state index in [1.54, 1.807) is 18.2 Å². The van der Waals surface area contributed by atoms with Gasteiger partial charge in [0.25, 0.3) is 5.56 Å². The number of ether oxygens (including phenoxy) is 1. The summed E-state index contributed by atoms with van der Waals surface area (Å²) in [5.41, 5.74) is 1.90. The third kappa shape index (κ3) is 5.15. The van der Waals surface area contributed by atoms with Gasteiger partial charge in [0.15, 0.2) is 5.96 Å². The summed E-state index contributed by atoms with van der Waals surface area (Å²) in [6.07, 6.45) is 2.44. The van der Waals surface area contributed by atoms with Crippen molar-refractivity contribution in [3.05, 3.63) is 64.5 Å².